The van der Waals surface area contributed by atoms with Crippen molar-refractivity contribution in [1.82, 2.24) is 4.90 Å². The molecule has 122 valence electrons. The summed E-state index contributed by atoms with van der Waals surface area (Å²) in [5.74, 6) is 0. The predicted octanol–water partition coefficient (Wildman–Crippen LogP) is 5.93. The van der Waals surface area contributed by atoms with E-state index in [-0.39, 0.29) is 0 Å². The van der Waals surface area contributed by atoms with E-state index in [4.69, 9.17) is 23.8 Å². The molecule has 2 nitrogen and oxygen atoms in total. The van der Waals surface area contributed by atoms with E-state index >= 15 is 0 Å². The van der Waals surface area contributed by atoms with Crippen molar-refractivity contribution in [3.05, 3.63) is 51.7 Å². The van der Waals surface area contributed by atoms with E-state index in [0.717, 1.165) is 17.3 Å². The molecule has 0 amide bonds. The van der Waals surface area contributed by atoms with Crippen LogP contribution in [0.15, 0.2) is 41.8 Å². The summed E-state index contributed by atoms with van der Waals surface area (Å²) in [7, 11) is 0. The summed E-state index contributed by atoms with van der Waals surface area (Å²) in [6.45, 7) is 0.874. The van der Waals surface area contributed by atoms with Crippen LogP contribution >= 0.6 is 35.2 Å². The highest BCUT2D eigenvalue weighted by atomic mass is 35.5. The summed E-state index contributed by atoms with van der Waals surface area (Å²) in [5.41, 5.74) is 0.881. The van der Waals surface area contributed by atoms with Gasteiger partial charge in [0.05, 0.1) is 17.3 Å². The molecule has 1 N–H and O–H groups in total. The van der Waals surface area contributed by atoms with Crippen molar-refractivity contribution in [2.45, 2.75) is 44.7 Å². The van der Waals surface area contributed by atoms with Crippen LogP contribution in [0.25, 0.3) is 0 Å². The van der Waals surface area contributed by atoms with Crippen molar-refractivity contribution < 1.29 is 0 Å². The van der Waals surface area contributed by atoms with Crippen molar-refractivity contribution in [3.63, 3.8) is 0 Å². The van der Waals surface area contributed by atoms with E-state index in [1.807, 2.05) is 24.3 Å². The van der Waals surface area contributed by atoms with Crippen LogP contribution in [0.3, 0.4) is 0 Å². The minimum absolute atomic E-state index is 0.522. The molecule has 0 saturated heterocycles. The first kappa shape index (κ1) is 16.7. The third kappa shape index (κ3) is 4.46. The lowest BCUT2D eigenvalue weighted by Gasteiger charge is -2.36. The number of hydrogen-bond donors (Lipinski definition) is 1. The lowest BCUT2D eigenvalue weighted by Crippen LogP contribution is -2.43. The Hall–Kier alpha value is -1.10. The number of nitrogens with zero attached hydrogens (tertiary/aromatic N) is 1. The zero-order valence-corrected chi connectivity index (χ0v) is 15.4. The van der Waals surface area contributed by atoms with Crippen molar-refractivity contribution in [3.8, 4) is 0 Å². The molecule has 0 bridgehead atoms. The average molecular weight is 365 g/mol. The number of rotatable bonds is 4. The third-order valence-electron chi connectivity index (χ3n) is 4.30. The standard InChI is InChI=1S/C18H21ClN2S2/c19-16-10-4-5-11-17(16)20-18(22)21(13-15-9-6-12-23-15)14-7-2-1-3-8-14/h4-6,9-12,14H,1-3,7-8,13H2,(H,20,22). The van der Waals surface area contributed by atoms with E-state index in [1.54, 1.807) is 11.3 Å². The molecule has 1 aliphatic rings. The second-order valence-electron chi connectivity index (χ2n) is 5.91. The first-order valence-electron chi connectivity index (χ1n) is 8.08. The van der Waals surface area contributed by atoms with Crippen LogP contribution in [-0.2, 0) is 6.54 Å². The summed E-state index contributed by atoms with van der Waals surface area (Å²) in [5, 5.41) is 6.95. The molecule has 1 aromatic carbocycles. The predicted molar refractivity (Wildman–Crippen MR) is 104 cm³/mol. The zero-order chi connectivity index (χ0) is 16.1. The molecular weight excluding hydrogens is 344 g/mol. The van der Waals surface area contributed by atoms with E-state index in [0.29, 0.717) is 11.1 Å². The molecule has 0 spiro atoms. The number of benzene rings is 1. The van der Waals surface area contributed by atoms with E-state index < -0.39 is 0 Å². The topological polar surface area (TPSA) is 15.3 Å². The van der Waals surface area contributed by atoms with Gasteiger partial charge in [-0.05, 0) is 48.6 Å². The number of thiocarbonyl (C=S) groups is 1. The van der Waals surface area contributed by atoms with E-state index in [9.17, 15) is 0 Å². The lowest BCUT2D eigenvalue weighted by atomic mass is 9.94. The second kappa shape index (κ2) is 8.13. The van der Waals surface area contributed by atoms with Crippen LogP contribution in [-0.4, -0.2) is 16.1 Å². The first-order chi connectivity index (χ1) is 11.2. The van der Waals surface area contributed by atoms with Crippen molar-refractivity contribution in [2.75, 3.05) is 5.32 Å². The normalized spacial score (nSPS) is 15.3. The monoisotopic (exact) mass is 364 g/mol. The van der Waals surface area contributed by atoms with Gasteiger partial charge in [0.15, 0.2) is 5.11 Å². The molecule has 0 radical (unpaired) electrons. The molecule has 0 atom stereocenters. The molecule has 1 fully saturated rings. The maximum atomic E-state index is 6.26. The van der Waals surface area contributed by atoms with Gasteiger partial charge >= 0.3 is 0 Å². The Morgan fingerprint density at radius 1 is 1.17 bits per heavy atom. The first-order valence-corrected chi connectivity index (χ1v) is 9.75. The molecule has 5 heteroatoms. The maximum absolute atomic E-state index is 6.26. The Bertz CT molecular complexity index is 636. The van der Waals surface area contributed by atoms with E-state index in [1.165, 1.54) is 37.0 Å². The number of anilines is 1. The van der Waals surface area contributed by atoms with Crippen LogP contribution in [0.5, 0.6) is 0 Å². The Labute approximate surface area is 152 Å². The third-order valence-corrected chi connectivity index (χ3v) is 5.83. The van der Waals surface area contributed by atoms with Crippen LogP contribution in [0, 0.1) is 0 Å². The molecule has 1 aromatic heterocycles. The number of nitrogens with one attached hydrogen (secondary N) is 1. The van der Waals surface area contributed by atoms with Gasteiger partial charge in [0.1, 0.15) is 0 Å². The van der Waals surface area contributed by atoms with Crippen molar-refractivity contribution >= 4 is 46.0 Å². The minimum Gasteiger partial charge on any atom is -0.341 e. The molecule has 23 heavy (non-hydrogen) atoms. The summed E-state index contributed by atoms with van der Waals surface area (Å²) >= 11 is 13.8. The number of para-hydroxylation sites is 1. The molecule has 1 aliphatic carbocycles. The van der Waals surface area contributed by atoms with Crippen LogP contribution in [0.4, 0.5) is 5.69 Å². The summed E-state index contributed by atoms with van der Waals surface area (Å²) in [6, 6.07) is 12.6. The quantitative estimate of drug-likeness (QED) is 0.676. The highest BCUT2D eigenvalue weighted by Crippen LogP contribution is 2.27. The van der Waals surface area contributed by atoms with Crippen LogP contribution in [0.2, 0.25) is 5.02 Å². The van der Waals surface area contributed by atoms with Crippen molar-refractivity contribution in [1.29, 1.82) is 0 Å². The molecule has 1 saturated carbocycles. The summed E-state index contributed by atoms with van der Waals surface area (Å²) in [6.07, 6.45) is 6.36. The van der Waals surface area contributed by atoms with Gasteiger partial charge in [0, 0.05) is 10.9 Å². The maximum Gasteiger partial charge on any atom is 0.174 e. The molecule has 1 heterocycles. The van der Waals surface area contributed by atoms with Gasteiger partial charge < -0.3 is 10.2 Å². The number of hydrogen-bond acceptors (Lipinski definition) is 2. The summed E-state index contributed by atoms with van der Waals surface area (Å²) < 4.78 is 0. The van der Waals surface area contributed by atoms with Gasteiger partial charge in [0.25, 0.3) is 0 Å². The van der Waals surface area contributed by atoms with Gasteiger partial charge in [-0.15, -0.1) is 11.3 Å². The molecule has 3 rings (SSSR count). The van der Waals surface area contributed by atoms with Gasteiger partial charge in [-0.2, -0.15) is 0 Å². The Morgan fingerprint density at radius 3 is 2.65 bits per heavy atom. The van der Waals surface area contributed by atoms with Crippen molar-refractivity contribution in [2.24, 2.45) is 0 Å². The Balaban J connectivity index is 1.76. The molecule has 2 aromatic rings. The number of halogens is 1. The Kier molecular flexibility index (Phi) is 5.92. The fourth-order valence-electron chi connectivity index (χ4n) is 3.08. The van der Waals surface area contributed by atoms with Gasteiger partial charge in [0.2, 0.25) is 0 Å². The van der Waals surface area contributed by atoms with Gasteiger partial charge in [-0.1, -0.05) is 49.1 Å². The van der Waals surface area contributed by atoms with Crippen LogP contribution in [0.1, 0.15) is 37.0 Å². The SMILES string of the molecule is S=C(Nc1ccccc1Cl)N(Cc1cccs1)C1CCCCC1. The smallest absolute Gasteiger partial charge is 0.174 e. The van der Waals surface area contributed by atoms with Gasteiger partial charge in [-0.3, -0.25) is 0 Å². The highest BCUT2D eigenvalue weighted by Gasteiger charge is 2.24. The lowest BCUT2D eigenvalue weighted by molar-refractivity contribution is 0.242. The van der Waals surface area contributed by atoms with Gasteiger partial charge in [-0.25, -0.2) is 0 Å². The summed E-state index contributed by atoms with van der Waals surface area (Å²) in [4.78, 5) is 3.70. The fourth-order valence-corrected chi connectivity index (χ4v) is 4.29. The van der Waals surface area contributed by atoms with E-state index in [2.05, 4.69) is 27.7 Å². The molecular formula is C18H21ClN2S2. The zero-order valence-electron chi connectivity index (χ0n) is 13.0. The largest absolute Gasteiger partial charge is 0.341 e. The highest BCUT2D eigenvalue weighted by molar-refractivity contribution is 7.80. The average Bonchev–Trinajstić information content (AvgIpc) is 3.09. The fraction of sp³-hybridized carbons (Fsp3) is 0.389. The second-order valence-corrected chi connectivity index (χ2v) is 7.74. The molecule has 0 unspecified atom stereocenters. The molecule has 0 aliphatic heterocycles. The minimum atomic E-state index is 0.522. The Morgan fingerprint density at radius 2 is 1.96 bits per heavy atom. The van der Waals surface area contributed by atoms with Crippen LogP contribution < -0.4 is 5.32 Å². The number of thiophene rings is 1.